The number of ether oxygens (including phenoxy) is 1. The second-order valence-electron chi connectivity index (χ2n) is 3.21. The third kappa shape index (κ3) is 2.28. The van der Waals surface area contributed by atoms with Crippen LogP contribution in [-0.2, 0) is 0 Å². The minimum Gasteiger partial charge on any atom is -0.495 e. The molecule has 0 saturated carbocycles. The van der Waals surface area contributed by atoms with E-state index in [4.69, 9.17) is 4.74 Å². The van der Waals surface area contributed by atoms with Gasteiger partial charge in [-0.3, -0.25) is 4.98 Å². The van der Waals surface area contributed by atoms with Crippen molar-refractivity contribution in [1.82, 2.24) is 4.98 Å². The molecule has 1 aromatic heterocycles. The van der Waals surface area contributed by atoms with E-state index < -0.39 is 0 Å². The van der Waals surface area contributed by atoms with E-state index in [9.17, 15) is 4.39 Å². The minimum absolute atomic E-state index is 0.313. The summed E-state index contributed by atoms with van der Waals surface area (Å²) in [6.45, 7) is 0. The Balaban J connectivity index is 2.30. The second kappa shape index (κ2) is 4.61. The number of nitrogens with one attached hydrogen (secondary N) is 1. The Morgan fingerprint density at radius 3 is 2.88 bits per heavy atom. The monoisotopic (exact) mass is 218 g/mol. The second-order valence-corrected chi connectivity index (χ2v) is 3.21. The molecular formula is C12H11FN2O. The average Bonchev–Trinajstić information content (AvgIpc) is 2.31. The van der Waals surface area contributed by atoms with Crippen molar-refractivity contribution in [2.75, 3.05) is 12.4 Å². The molecule has 2 aromatic rings. The van der Waals surface area contributed by atoms with Gasteiger partial charge in [-0.2, -0.15) is 0 Å². The van der Waals surface area contributed by atoms with Gasteiger partial charge < -0.3 is 10.1 Å². The lowest BCUT2D eigenvalue weighted by Crippen LogP contribution is -1.95. The molecule has 0 amide bonds. The molecule has 1 N–H and O–H groups in total. The Morgan fingerprint density at radius 1 is 1.31 bits per heavy atom. The number of nitrogens with zero attached hydrogens (tertiary/aromatic N) is 1. The molecule has 0 bridgehead atoms. The fourth-order valence-electron chi connectivity index (χ4n) is 1.37. The van der Waals surface area contributed by atoms with E-state index in [1.165, 1.54) is 12.1 Å². The molecule has 2 rings (SSSR count). The molecule has 82 valence electrons. The summed E-state index contributed by atoms with van der Waals surface area (Å²) in [6, 6.07) is 7.96. The number of halogens is 1. The zero-order valence-electron chi connectivity index (χ0n) is 8.77. The number of benzene rings is 1. The van der Waals surface area contributed by atoms with Crippen molar-refractivity contribution in [1.29, 1.82) is 0 Å². The van der Waals surface area contributed by atoms with Gasteiger partial charge in [0.05, 0.1) is 24.7 Å². The molecular weight excluding hydrogens is 207 g/mol. The average molecular weight is 218 g/mol. The van der Waals surface area contributed by atoms with E-state index in [1.807, 2.05) is 6.07 Å². The van der Waals surface area contributed by atoms with Crippen LogP contribution in [0.25, 0.3) is 0 Å². The van der Waals surface area contributed by atoms with Crippen molar-refractivity contribution in [2.24, 2.45) is 0 Å². The zero-order valence-corrected chi connectivity index (χ0v) is 8.77. The van der Waals surface area contributed by atoms with Crippen LogP contribution < -0.4 is 10.1 Å². The van der Waals surface area contributed by atoms with Crippen LogP contribution in [0.4, 0.5) is 15.8 Å². The molecule has 0 aliphatic heterocycles. The Kier molecular flexibility index (Phi) is 3.00. The van der Waals surface area contributed by atoms with Crippen LogP contribution in [0.3, 0.4) is 0 Å². The van der Waals surface area contributed by atoms with Gasteiger partial charge in [0.1, 0.15) is 11.6 Å². The van der Waals surface area contributed by atoms with Crippen molar-refractivity contribution in [2.45, 2.75) is 0 Å². The Hall–Kier alpha value is -2.10. The normalized spacial score (nSPS) is 9.88. The molecule has 0 aliphatic carbocycles. The van der Waals surface area contributed by atoms with E-state index in [0.29, 0.717) is 11.4 Å². The van der Waals surface area contributed by atoms with E-state index in [0.717, 1.165) is 5.69 Å². The molecule has 0 radical (unpaired) electrons. The van der Waals surface area contributed by atoms with Gasteiger partial charge >= 0.3 is 0 Å². The number of pyridine rings is 1. The van der Waals surface area contributed by atoms with Crippen molar-refractivity contribution >= 4 is 11.4 Å². The van der Waals surface area contributed by atoms with Crippen LogP contribution in [0.5, 0.6) is 5.75 Å². The molecule has 1 aromatic carbocycles. The minimum atomic E-state index is -0.313. The van der Waals surface area contributed by atoms with Crippen molar-refractivity contribution in [3.8, 4) is 5.75 Å². The first-order chi connectivity index (χ1) is 7.79. The molecule has 4 heteroatoms. The summed E-state index contributed by atoms with van der Waals surface area (Å²) in [5.41, 5.74) is 1.36. The van der Waals surface area contributed by atoms with Crippen LogP contribution in [0.15, 0.2) is 42.7 Å². The van der Waals surface area contributed by atoms with Crippen LogP contribution in [-0.4, -0.2) is 12.1 Å². The molecule has 0 fully saturated rings. The third-order valence-electron chi connectivity index (χ3n) is 2.10. The van der Waals surface area contributed by atoms with E-state index in [2.05, 4.69) is 10.3 Å². The number of rotatable bonds is 3. The summed E-state index contributed by atoms with van der Waals surface area (Å²) in [7, 11) is 1.54. The number of hydrogen-bond donors (Lipinski definition) is 1. The maximum atomic E-state index is 13.1. The van der Waals surface area contributed by atoms with E-state index in [-0.39, 0.29) is 5.82 Å². The molecule has 3 nitrogen and oxygen atoms in total. The van der Waals surface area contributed by atoms with Gasteiger partial charge in [0.25, 0.3) is 0 Å². The Labute approximate surface area is 92.9 Å². The molecule has 16 heavy (non-hydrogen) atoms. The maximum absolute atomic E-state index is 13.1. The first kappa shape index (κ1) is 10.4. The third-order valence-corrected chi connectivity index (χ3v) is 2.10. The van der Waals surface area contributed by atoms with Crippen molar-refractivity contribution in [3.05, 3.63) is 48.5 Å². The lowest BCUT2D eigenvalue weighted by atomic mass is 10.2. The number of aromatic nitrogens is 1. The Morgan fingerprint density at radius 2 is 2.19 bits per heavy atom. The molecule has 0 unspecified atom stereocenters. The molecule has 0 spiro atoms. The number of hydrogen-bond acceptors (Lipinski definition) is 3. The van der Waals surface area contributed by atoms with E-state index >= 15 is 0 Å². The smallest absolute Gasteiger partial charge is 0.142 e. The van der Waals surface area contributed by atoms with Gasteiger partial charge in [-0.1, -0.05) is 0 Å². The number of methoxy groups -OCH3 is 1. The molecule has 1 heterocycles. The fraction of sp³-hybridized carbons (Fsp3) is 0.0833. The van der Waals surface area contributed by atoms with Crippen molar-refractivity contribution in [3.63, 3.8) is 0 Å². The topological polar surface area (TPSA) is 34.1 Å². The van der Waals surface area contributed by atoms with Crippen LogP contribution in [0.1, 0.15) is 0 Å². The zero-order chi connectivity index (χ0) is 11.4. The standard InChI is InChI=1S/C12H11FN2O/c1-16-12-5-4-9(13)7-11(12)15-10-3-2-6-14-8-10/h2-8,15H,1H3. The van der Waals surface area contributed by atoms with Gasteiger partial charge in [-0.25, -0.2) is 4.39 Å². The maximum Gasteiger partial charge on any atom is 0.142 e. The number of anilines is 2. The van der Waals surface area contributed by atoms with Gasteiger partial charge in [0.15, 0.2) is 0 Å². The summed E-state index contributed by atoms with van der Waals surface area (Å²) in [5, 5.41) is 3.04. The quantitative estimate of drug-likeness (QED) is 0.859. The largest absolute Gasteiger partial charge is 0.495 e. The lowest BCUT2D eigenvalue weighted by molar-refractivity contribution is 0.416. The molecule has 0 aliphatic rings. The predicted octanol–water partition coefficient (Wildman–Crippen LogP) is 2.97. The Bertz CT molecular complexity index is 474. The predicted molar refractivity (Wildman–Crippen MR) is 60.5 cm³/mol. The van der Waals surface area contributed by atoms with Crippen LogP contribution in [0, 0.1) is 5.82 Å². The first-order valence-corrected chi connectivity index (χ1v) is 4.80. The summed E-state index contributed by atoms with van der Waals surface area (Å²) in [6.07, 6.45) is 3.33. The summed E-state index contributed by atoms with van der Waals surface area (Å²) in [5.74, 6) is 0.275. The summed E-state index contributed by atoms with van der Waals surface area (Å²) in [4.78, 5) is 3.96. The van der Waals surface area contributed by atoms with Gasteiger partial charge in [-0.05, 0) is 24.3 Å². The highest BCUT2D eigenvalue weighted by atomic mass is 19.1. The van der Waals surface area contributed by atoms with Gasteiger partial charge in [-0.15, -0.1) is 0 Å². The lowest BCUT2D eigenvalue weighted by Gasteiger charge is -2.10. The van der Waals surface area contributed by atoms with Crippen molar-refractivity contribution < 1.29 is 9.13 Å². The van der Waals surface area contributed by atoms with Crippen LogP contribution in [0.2, 0.25) is 0 Å². The highest BCUT2D eigenvalue weighted by Crippen LogP contribution is 2.27. The highest BCUT2D eigenvalue weighted by molar-refractivity contribution is 5.65. The highest BCUT2D eigenvalue weighted by Gasteiger charge is 2.04. The van der Waals surface area contributed by atoms with E-state index in [1.54, 1.807) is 31.6 Å². The van der Waals surface area contributed by atoms with Gasteiger partial charge in [0.2, 0.25) is 0 Å². The fourth-order valence-corrected chi connectivity index (χ4v) is 1.37. The van der Waals surface area contributed by atoms with Gasteiger partial charge in [0, 0.05) is 12.3 Å². The summed E-state index contributed by atoms with van der Waals surface area (Å²) < 4.78 is 18.2. The molecule has 0 saturated heterocycles. The van der Waals surface area contributed by atoms with Crippen LogP contribution >= 0.6 is 0 Å². The SMILES string of the molecule is COc1ccc(F)cc1Nc1cccnc1. The first-order valence-electron chi connectivity index (χ1n) is 4.80. The molecule has 0 atom stereocenters. The summed E-state index contributed by atoms with van der Waals surface area (Å²) >= 11 is 0.